The van der Waals surface area contributed by atoms with Crippen molar-refractivity contribution < 1.29 is 13.2 Å². The number of hydrogen-bond acceptors (Lipinski definition) is 3. The van der Waals surface area contributed by atoms with Gasteiger partial charge in [-0.1, -0.05) is 48.0 Å². The van der Waals surface area contributed by atoms with Crippen LogP contribution in [0.1, 0.15) is 57.1 Å². The summed E-state index contributed by atoms with van der Waals surface area (Å²) < 4.78 is 29.0. The third-order valence-electron chi connectivity index (χ3n) is 6.04. The fraction of sp³-hybridized carbons (Fsp3) is 0.269. The van der Waals surface area contributed by atoms with Crippen LogP contribution in [-0.2, 0) is 16.4 Å². The van der Waals surface area contributed by atoms with E-state index in [4.69, 9.17) is 0 Å². The molecule has 0 spiro atoms. The first-order valence-corrected chi connectivity index (χ1v) is 12.3. The molecule has 4 rings (SSSR count). The van der Waals surface area contributed by atoms with E-state index in [1.807, 2.05) is 38.1 Å². The van der Waals surface area contributed by atoms with E-state index in [1.165, 1.54) is 11.6 Å². The third-order valence-corrected chi connectivity index (χ3v) is 7.55. The average Bonchev–Trinajstić information content (AvgIpc) is 2.76. The minimum atomic E-state index is -3.85. The van der Waals surface area contributed by atoms with Gasteiger partial charge in [0.2, 0.25) is 0 Å². The van der Waals surface area contributed by atoms with Crippen LogP contribution in [0, 0.1) is 20.8 Å². The Kier molecular flexibility index (Phi) is 6.07. The Balaban J connectivity index is 1.59. The number of fused-ring (bicyclic) bond motifs is 1. The van der Waals surface area contributed by atoms with Crippen molar-refractivity contribution in [3.63, 3.8) is 0 Å². The van der Waals surface area contributed by atoms with Crippen molar-refractivity contribution in [2.24, 2.45) is 0 Å². The fourth-order valence-electron chi connectivity index (χ4n) is 4.30. The molecule has 0 saturated heterocycles. The first-order valence-electron chi connectivity index (χ1n) is 10.8. The van der Waals surface area contributed by atoms with Crippen LogP contribution < -0.4 is 10.0 Å². The Bertz CT molecular complexity index is 1280. The van der Waals surface area contributed by atoms with Crippen molar-refractivity contribution in [1.82, 2.24) is 5.32 Å². The van der Waals surface area contributed by atoms with Crippen LogP contribution in [0.5, 0.6) is 0 Å². The van der Waals surface area contributed by atoms with Gasteiger partial charge in [-0.3, -0.25) is 9.52 Å². The van der Waals surface area contributed by atoms with Crippen LogP contribution in [0.15, 0.2) is 65.6 Å². The van der Waals surface area contributed by atoms with Gasteiger partial charge in [-0.05, 0) is 80.5 Å². The predicted molar refractivity (Wildman–Crippen MR) is 127 cm³/mol. The van der Waals surface area contributed by atoms with Crippen LogP contribution >= 0.6 is 0 Å². The van der Waals surface area contributed by atoms with Crippen LogP contribution in [0.4, 0.5) is 5.69 Å². The van der Waals surface area contributed by atoms with E-state index < -0.39 is 10.0 Å². The monoisotopic (exact) mass is 448 g/mol. The molecule has 3 aromatic rings. The Morgan fingerprint density at radius 1 is 0.938 bits per heavy atom. The quantitative estimate of drug-likeness (QED) is 0.562. The van der Waals surface area contributed by atoms with E-state index in [0.717, 1.165) is 36.0 Å². The van der Waals surface area contributed by atoms with Gasteiger partial charge < -0.3 is 5.32 Å². The van der Waals surface area contributed by atoms with Crippen LogP contribution in [0.25, 0.3) is 0 Å². The maximum atomic E-state index is 13.1. The summed E-state index contributed by atoms with van der Waals surface area (Å²) >= 11 is 0. The topological polar surface area (TPSA) is 75.3 Å². The van der Waals surface area contributed by atoms with Gasteiger partial charge in [-0.15, -0.1) is 0 Å². The summed E-state index contributed by atoms with van der Waals surface area (Å²) in [5.74, 6) is -0.269. The number of aryl methyl sites for hydroxylation is 4. The van der Waals surface area contributed by atoms with Crippen LogP contribution in [-0.4, -0.2) is 14.3 Å². The fourth-order valence-corrected chi connectivity index (χ4v) is 5.71. The molecule has 6 heteroatoms. The normalized spacial score (nSPS) is 15.7. The number of anilines is 1. The molecular weight excluding hydrogens is 420 g/mol. The van der Waals surface area contributed by atoms with Crippen molar-refractivity contribution in [2.75, 3.05) is 4.72 Å². The zero-order valence-electron chi connectivity index (χ0n) is 18.6. The van der Waals surface area contributed by atoms with Gasteiger partial charge in [-0.2, -0.15) is 0 Å². The summed E-state index contributed by atoms with van der Waals surface area (Å²) in [5.41, 5.74) is 5.75. The molecule has 0 fully saturated rings. The largest absolute Gasteiger partial charge is 0.345 e. The van der Waals surface area contributed by atoms with Crippen molar-refractivity contribution in [2.45, 2.75) is 51.0 Å². The molecule has 0 heterocycles. The highest BCUT2D eigenvalue weighted by Crippen LogP contribution is 2.30. The molecule has 1 unspecified atom stereocenters. The van der Waals surface area contributed by atoms with Gasteiger partial charge in [0.05, 0.1) is 16.6 Å². The summed E-state index contributed by atoms with van der Waals surface area (Å²) in [5, 5.41) is 3.10. The highest BCUT2D eigenvalue weighted by Gasteiger charge is 2.24. The standard InChI is InChI=1S/C26H28N2O3S/c1-17-11-14-23(19(3)15-17)28-32(30,31)25-16-21(13-12-18(25)2)26(29)27-24-10-6-8-20-7-4-5-9-22(20)24/h4-5,7,9,11-16,24,28H,6,8,10H2,1-3H3,(H,27,29). The smallest absolute Gasteiger partial charge is 0.262 e. The number of rotatable bonds is 5. The zero-order valence-corrected chi connectivity index (χ0v) is 19.4. The molecule has 166 valence electrons. The van der Waals surface area contributed by atoms with Crippen LogP contribution in [0.3, 0.4) is 0 Å². The maximum absolute atomic E-state index is 13.1. The number of hydrogen-bond donors (Lipinski definition) is 2. The number of sulfonamides is 1. The van der Waals surface area contributed by atoms with Gasteiger partial charge in [0, 0.05) is 5.56 Å². The van der Waals surface area contributed by atoms with Crippen molar-refractivity contribution in [3.8, 4) is 0 Å². The zero-order chi connectivity index (χ0) is 22.9. The van der Waals surface area contributed by atoms with E-state index in [1.54, 1.807) is 25.1 Å². The second kappa shape index (κ2) is 8.79. The molecule has 1 amide bonds. The summed E-state index contributed by atoms with van der Waals surface area (Å²) in [6.45, 7) is 5.56. The van der Waals surface area contributed by atoms with E-state index in [2.05, 4.69) is 22.2 Å². The van der Waals surface area contributed by atoms with Gasteiger partial charge in [-0.25, -0.2) is 8.42 Å². The second-order valence-corrected chi connectivity index (χ2v) is 10.2. The molecule has 0 bridgehead atoms. The van der Waals surface area contributed by atoms with Crippen molar-refractivity contribution >= 4 is 21.6 Å². The average molecular weight is 449 g/mol. The number of carbonyl (C=O) groups is 1. The SMILES string of the molecule is Cc1ccc(NS(=O)(=O)c2cc(C(=O)NC3CCCc4ccccc43)ccc2C)c(C)c1. The molecule has 5 nitrogen and oxygen atoms in total. The van der Waals surface area contributed by atoms with Crippen molar-refractivity contribution in [1.29, 1.82) is 0 Å². The minimum Gasteiger partial charge on any atom is -0.345 e. The molecule has 0 aromatic heterocycles. The lowest BCUT2D eigenvalue weighted by Crippen LogP contribution is -2.31. The Labute approximate surface area is 189 Å². The lowest BCUT2D eigenvalue weighted by molar-refractivity contribution is 0.0932. The van der Waals surface area contributed by atoms with Crippen LogP contribution in [0.2, 0.25) is 0 Å². The number of amides is 1. The van der Waals surface area contributed by atoms with Gasteiger partial charge >= 0.3 is 0 Å². The molecule has 32 heavy (non-hydrogen) atoms. The Morgan fingerprint density at radius 2 is 1.72 bits per heavy atom. The van der Waals surface area contributed by atoms with Crippen molar-refractivity contribution in [3.05, 3.63) is 94.0 Å². The summed E-state index contributed by atoms with van der Waals surface area (Å²) in [6.07, 6.45) is 2.89. The molecule has 0 radical (unpaired) electrons. The number of benzene rings is 3. The molecule has 0 aliphatic heterocycles. The maximum Gasteiger partial charge on any atom is 0.262 e. The van der Waals surface area contributed by atoms with Gasteiger partial charge in [0.15, 0.2) is 0 Å². The lowest BCUT2D eigenvalue weighted by Gasteiger charge is -2.26. The summed E-state index contributed by atoms with van der Waals surface area (Å²) in [6, 6.07) is 18.5. The highest BCUT2D eigenvalue weighted by atomic mass is 32.2. The Morgan fingerprint density at radius 3 is 2.50 bits per heavy atom. The highest BCUT2D eigenvalue weighted by molar-refractivity contribution is 7.92. The van der Waals surface area contributed by atoms with E-state index >= 15 is 0 Å². The summed E-state index contributed by atoms with van der Waals surface area (Å²) in [4.78, 5) is 13.1. The third kappa shape index (κ3) is 4.55. The molecule has 1 atom stereocenters. The van der Waals surface area contributed by atoms with E-state index in [0.29, 0.717) is 16.8 Å². The number of carbonyl (C=O) groups excluding carboxylic acids is 1. The lowest BCUT2D eigenvalue weighted by atomic mass is 9.87. The van der Waals surface area contributed by atoms with Gasteiger partial charge in [0.25, 0.3) is 15.9 Å². The molecule has 1 aliphatic rings. The number of nitrogens with one attached hydrogen (secondary N) is 2. The van der Waals surface area contributed by atoms with E-state index in [9.17, 15) is 13.2 Å². The van der Waals surface area contributed by atoms with Gasteiger partial charge in [0.1, 0.15) is 0 Å². The molecule has 1 aliphatic carbocycles. The second-order valence-electron chi connectivity index (χ2n) is 8.52. The van der Waals surface area contributed by atoms with E-state index in [-0.39, 0.29) is 16.8 Å². The predicted octanol–water partition coefficient (Wildman–Crippen LogP) is 5.22. The summed E-state index contributed by atoms with van der Waals surface area (Å²) in [7, 11) is -3.85. The Hall–Kier alpha value is -3.12. The molecule has 3 aromatic carbocycles. The molecular formula is C26H28N2O3S. The molecule has 0 saturated carbocycles. The first kappa shape index (κ1) is 22.1. The first-order chi connectivity index (χ1) is 15.2. The minimum absolute atomic E-state index is 0.0675. The molecule has 2 N–H and O–H groups in total.